The van der Waals surface area contributed by atoms with Gasteiger partial charge in [-0.15, -0.1) is 0 Å². The van der Waals surface area contributed by atoms with E-state index in [4.69, 9.17) is 15.2 Å². The van der Waals surface area contributed by atoms with Gasteiger partial charge in [0, 0.05) is 5.92 Å². The van der Waals surface area contributed by atoms with Crippen LogP contribution in [-0.2, 0) is 14.3 Å². The van der Waals surface area contributed by atoms with Gasteiger partial charge in [0.1, 0.15) is 0 Å². The number of primary amides is 1. The number of carbonyl (C=O) groups excluding carboxylic acids is 1. The van der Waals surface area contributed by atoms with Crippen molar-refractivity contribution in [2.45, 2.75) is 70.5 Å². The molecule has 1 amide bonds. The van der Waals surface area contributed by atoms with Crippen LogP contribution in [0.4, 0.5) is 0 Å². The van der Waals surface area contributed by atoms with Gasteiger partial charge < -0.3 is 15.2 Å². The molecule has 126 valence electrons. The minimum atomic E-state index is -0.0847. The van der Waals surface area contributed by atoms with Crippen LogP contribution in [0.25, 0.3) is 0 Å². The smallest absolute Gasteiger partial charge is 0.220 e. The van der Waals surface area contributed by atoms with Crippen LogP contribution >= 0.6 is 0 Å². The van der Waals surface area contributed by atoms with E-state index in [1.165, 1.54) is 44.9 Å². The fourth-order valence-corrected chi connectivity index (χ4v) is 4.77. The lowest BCUT2D eigenvalue weighted by Gasteiger charge is -2.37. The van der Waals surface area contributed by atoms with Crippen LogP contribution in [0.3, 0.4) is 0 Å². The van der Waals surface area contributed by atoms with Gasteiger partial charge in [-0.2, -0.15) is 0 Å². The summed E-state index contributed by atoms with van der Waals surface area (Å²) in [6, 6.07) is 0. The van der Waals surface area contributed by atoms with E-state index >= 15 is 0 Å². The molecule has 0 unspecified atom stereocenters. The molecule has 0 aromatic heterocycles. The highest BCUT2D eigenvalue weighted by molar-refractivity contribution is 5.76. The summed E-state index contributed by atoms with van der Waals surface area (Å²) in [7, 11) is 0. The summed E-state index contributed by atoms with van der Waals surface area (Å²) in [5.41, 5.74) is 5.43. The van der Waals surface area contributed by atoms with Gasteiger partial charge in [0.2, 0.25) is 5.91 Å². The first-order valence-electron chi connectivity index (χ1n) is 9.25. The Morgan fingerprint density at radius 2 is 1.36 bits per heavy atom. The Morgan fingerprint density at radius 3 is 1.91 bits per heavy atom. The molecule has 0 bridgehead atoms. The molecule has 0 aromatic carbocycles. The van der Waals surface area contributed by atoms with E-state index in [2.05, 4.69) is 0 Å². The van der Waals surface area contributed by atoms with Crippen molar-refractivity contribution in [2.75, 3.05) is 13.2 Å². The average molecular weight is 309 g/mol. The first-order valence-corrected chi connectivity index (χ1v) is 9.25. The van der Waals surface area contributed by atoms with Gasteiger partial charge in [0.15, 0.2) is 6.29 Å². The molecule has 2 aliphatic carbocycles. The Balaban J connectivity index is 1.34. The molecule has 1 aliphatic heterocycles. The second kappa shape index (κ2) is 7.78. The third-order valence-corrected chi connectivity index (χ3v) is 6.23. The Hall–Kier alpha value is -0.610. The van der Waals surface area contributed by atoms with E-state index in [0.29, 0.717) is 0 Å². The highest BCUT2D eigenvalue weighted by Gasteiger charge is 2.32. The SMILES string of the molecule is NC(=O)[C@H]1CC[C@H](C2CCC(CCC3OCCO3)CC2)CC1. The minimum absolute atomic E-state index is 0.0711. The number of nitrogens with two attached hydrogens (primary N) is 1. The Kier molecular flexibility index (Phi) is 5.75. The lowest BCUT2D eigenvalue weighted by molar-refractivity contribution is -0.123. The molecule has 3 fully saturated rings. The summed E-state index contributed by atoms with van der Waals surface area (Å²) in [5.74, 6) is 2.67. The van der Waals surface area contributed by atoms with E-state index in [9.17, 15) is 4.79 Å². The van der Waals surface area contributed by atoms with Crippen molar-refractivity contribution in [3.05, 3.63) is 0 Å². The quantitative estimate of drug-likeness (QED) is 0.848. The maximum Gasteiger partial charge on any atom is 0.220 e. The van der Waals surface area contributed by atoms with Gasteiger partial charge in [0.25, 0.3) is 0 Å². The van der Waals surface area contributed by atoms with E-state index in [-0.39, 0.29) is 18.1 Å². The van der Waals surface area contributed by atoms with E-state index in [1.54, 1.807) is 0 Å². The molecule has 0 spiro atoms. The number of rotatable bonds is 5. The minimum Gasteiger partial charge on any atom is -0.369 e. The fourth-order valence-electron chi connectivity index (χ4n) is 4.77. The van der Waals surface area contributed by atoms with E-state index in [1.807, 2.05) is 0 Å². The van der Waals surface area contributed by atoms with Crippen molar-refractivity contribution < 1.29 is 14.3 Å². The maximum atomic E-state index is 11.3. The van der Waals surface area contributed by atoms with Crippen molar-refractivity contribution in [1.29, 1.82) is 0 Å². The van der Waals surface area contributed by atoms with Crippen LogP contribution < -0.4 is 5.73 Å². The lowest BCUT2D eigenvalue weighted by Crippen LogP contribution is -2.31. The van der Waals surface area contributed by atoms with Crippen molar-refractivity contribution in [2.24, 2.45) is 29.4 Å². The van der Waals surface area contributed by atoms with Crippen LogP contribution in [0.5, 0.6) is 0 Å². The van der Waals surface area contributed by atoms with Crippen molar-refractivity contribution in [3.63, 3.8) is 0 Å². The number of amides is 1. The first-order chi connectivity index (χ1) is 10.7. The number of ether oxygens (including phenoxy) is 2. The highest BCUT2D eigenvalue weighted by Crippen LogP contribution is 2.42. The second-order valence-corrected chi connectivity index (χ2v) is 7.54. The van der Waals surface area contributed by atoms with Crippen LogP contribution in [0.1, 0.15) is 64.2 Å². The summed E-state index contributed by atoms with van der Waals surface area (Å²) >= 11 is 0. The van der Waals surface area contributed by atoms with Crippen molar-refractivity contribution >= 4 is 5.91 Å². The monoisotopic (exact) mass is 309 g/mol. The molecule has 3 rings (SSSR count). The zero-order valence-corrected chi connectivity index (χ0v) is 13.7. The van der Waals surface area contributed by atoms with E-state index < -0.39 is 0 Å². The summed E-state index contributed by atoms with van der Waals surface area (Å²) in [6.45, 7) is 1.54. The third kappa shape index (κ3) is 4.23. The molecule has 1 saturated heterocycles. The van der Waals surface area contributed by atoms with Gasteiger partial charge >= 0.3 is 0 Å². The predicted octanol–water partition coefficient (Wildman–Crippen LogP) is 3.24. The second-order valence-electron chi connectivity index (χ2n) is 7.54. The largest absolute Gasteiger partial charge is 0.369 e. The Labute approximate surface area is 134 Å². The first kappa shape index (κ1) is 16.3. The van der Waals surface area contributed by atoms with Crippen LogP contribution in [0.2, 0.25) is 0 Å². The fraction of sp³-hybridized carbons (Fsp3) is 0.944. The summed E-state index contributed by atoms with van der Waals surface area (Å²) in [5, 5.41) is 0. The highest BCUT2D eigenvalue weighted by atomic mass is 16.7. The zero-order chi connectivity index (χ0) is 15.4. The molecule has 4 heteroatoms. The van der Waals surface area contributed by atoms with Crippen molar-refractivity contribution in [3.8, 4) is 0 Å². The summed E-state index contributed by atoms with van der Waals surface area (Å²) in [6.07, 6.45) is 12.4. The predicted molar refractivity (Wildman–Crippen MR) is 85.0 cm³/mol. The number of carbonyl (C=O) groups is 1. The normalized spacial score (nSPS) is 37.3. The molecular formula is C18H31NO3. The van der Waals surface area contributed by atoms with Crippen molar-refractivity contribution in [1.82, 2.24) is 0 Å². The molecular weight excluding hydrogens is 278 g/mol. The molecule has 2 saturated carbocycles. The molecule has 3 aliphatic rings. The Bertz CT molecular complexity index is 351. The number of hydrogen-bond acceptors (Lipinski definition) is 3. The molecule has 22 heavy (non-hydrogen) atoms. The molecule has 1 heterocycles. The maximum absolute atomic E-state index is 11.3. The third-order valence-electron chi connectivity index (χ3n) is 6.23. The van der Waals surface area contributed by atoms with Crippen LogP contribution in [0.15, 0.2) is 0 Å². The Morgan fingerprint density at radius 1 is 0.818 bits per heavy atom. The molecule has 4 nitrogen and oxygen atoms in total. The van der Waals surface area contributed by atoms with Gasteiger partial charge in [-0.1, -0.05) is 12.8 Å². The zero-order valence-electron chi connectivity index (χ0n) is 13.7. The van der Waals surface area contributed by atoms with Crippen LogP contribution in [0, 0.1) is 23.7 Å². The van der Waals surface area contributed by atoms with Gasteiger partial charge in [-0.05, 0) is 69.1 Å². The van der Waals surface area contributed by atoms with Crippen LogP contribution in [-0.4, -0.2) is 25.4 Å². The van der Waals surface area contributed by atoms with Gasteiger partial charge in [-0.25, -0.2) is 0 Å². The lowest BCUT2D eigenvalue weighted by atomic mass is 9.68. The topological polar surface area (TPSA) is 61.6 Å². The molecule has 0 atom stereocenters. The van der Waals surface area contributed by atoms with E-state index in [0.717, 1.165) is 50.2 Å². The molecule has 0 radical (unpaired) electrons. The van der Waals surface area contributed by atoms with Gasteiger partial charge in [0.05, 0.1) is 13.2 Å². The summed E-state index contributed by atoms with van der Waals surface area (Å²) < 4.78 is 11.1. The van der Waals surface area contributed by atoms with Gasteiger partial charge in [-0.3, -0.25) is 4.79 Å². The standard InChI is InChI=1S/C18H31NO3/c19-18(20)16-8-6-15(7-9-16)14-4-1-13(2-5-14)3-10-17-21-11-12-22-17/h13-17H,1-12H2,(H2,19,20)/t13?,14?,15-,16-. The average Bonchev–Trinajstić information content (AvgIpc) is 3.07. The summed E-state index contributed by atoms with van der Waals surface area (Å²) in [4.78, 5) is 11.3. The molecule has 2 N–H and O–H groups in total. The molecule has 0 aromatic rings. The number of hydrogen-bond donors (Lipinski definition) is 1.